The highest BCUT2D eigenvalue weighted by Gasteiger charge is 2.38. The lowest BCUT2D eigenvalue weighted by atomic mass is 10.0. The van der Waals surface area contributed by atoms with Gasteiger partial charge in [0.05, 0.1) is 39.1 Å². The summed E-state index contributed by atoms with van der Waals surface area (Å²) in [5.41, 5.74) is 21.9. The fraction of sp³-hybridized carbons (Fsp3) is 0.530. The van der Waals surface area contributed by atoms with E-state index in [9.17, 15) is 77.6 Å². The predicted octanol–water partition coefficient (Wildman–Crippen LogP) is -3.47. The van der Waals surface area contributed by atoms with E-state index in [0.717, 1.165) is 5.01 Å². The quantitative estimate of drug-likeness (QED) is 0.0153. The molecule has 1 fully saturated rings. The number of carbonyl (C=O) groups is 14. The Morgan fingerprint density at radius 2 is 1.15 bits per heavy atom. The van der Waals surface area contributed by atoms with Crippen molar-refractivity contribution in [1.29, 1.82) is 0 Å². The molecule has 2 aromatic carbocycles. The second kappa shape index (κ2) is 41.6. The zero-order valence-corrected chi connectivity index (χ0v) is 59.4. The second-order valence-corrected chi connectivity index (χ2v) is 26.8. The largest absolute Gasteiger partial charge is 0.480 e. The van der Waals surface area contributed by atoms with E-state index in [0.29, 0.717) is 27.8 Å². The summed E-state index contributed by atoms with van der Waals surface area (Å²) in [6.07, 6.45) is 4.95. The summed E-state index contributed by atoms with van der Waals surface area (Å²) in [5.74, 6) is -13.8. The van der Waals surface area contributed by atoms with Crippen LogP contribution in [0.2, 0.25) is 0 Å². The van der Waals surface area contributed by atoms with Gasteiger partial charge in [-0.1, -0.05) is 45.9 Å². The highest BCUT2D eigenvalue weighted by atomic mass is 32.2. The fourth-order valence-corrected chi connectivity index (χ4v) is 11.6. The van der Waals surface area contributed by atoms with E-state index < -0.39 is 157 Å². The van der Waals surface area contributed by atoms with E-state index in [-0.39, 0.29) is 115 Å². The van der Waals surface area contributed by atoms with Crippen molar-refractivity contribution >= 4 is 111 Å². The number of hydrogen-bond donors (Lipinski definition) is 16. The molecule has 0 aliphatic carbocycles. The summed E-state index contributed by atoms with van der Waals surface area (Å²) in [6.45, 7) is 6.10. The summed E-state index contributed by atoms with van der Waals surface area (Å²) in [7, 11) is 0. The van der Waals surface area contributed by atoms with Gasteiger partial charge < -0.3 is 79.7 Å². The van der Waals surface area contributed by atoms with Gasteiger partial charge in [0.15, 0.2) is 0 Å². The van der Waals surface area contributed by atoms with Crippen LogP contribution in [0.15, 0.2) is 67.3 Å². The minimum atomic E-state index is -1.51. The number of aliphatic carboxylic acids is 3. The molecular weight excluding hydrogens is 1360 g/mol. The molecule has 3 heterocycles. The maximum atomic E-state index is 15.1. The first-order valence-electron chi connectivity index (χ1n) is 33.5. The predicted molar refractivity (Wildman–Crippen MR) is 377 cm³/mol. The molecule has 4 aromatic rings. The van der Waals surface area contributed by atoms with E-state index >= 15 is 4.79 Å². The van der Waals surface area contributed by atoms with Gasteiger partial charge in [-0.05, 0) is 85.9 Å². The number of H-pyrrole nitrogens is 2. The average Bonchev–Trinajstić information content (AvgIpc) is 1.78. The first-order chi connectivity index (χ1) is 48.8. The number of fused-ring (bicyclic) bond motifs is 1. The monoisotopic (exact) mass is 1460 g/mol. The van der Waals surface area contributed by atoms with Crippen LogP contribution in [0.4, 0.5) is 5.69 Å². The first-order valence-corrected chi connectivity index (χ1v) is 34.9. The number of carbonyl (C=O) groups excluding carboxylic acids is 11. The second-order valence-electron chi connectivity index (χ2n) is 25.8. The van der Waals surface area contributed by atoms with Gasteiger partial charge in [-0.15, -0.1) is 0 Å². The van der Waals surface area contributed by atoms with Crippen LogP contribution in [0, 0.1) is 11.8 Å². The minimum Gasteiger partial charge on any atom is -0.480 e. The molecule has 2 aromatic heterocycles. The van der Waals surface area contributed by atoms with Crippen molar-refractivity contribution in [3.8, 4) is 0 Å². The minimum absolute atomic E-state index is 0.0269. The molecule has 19 N–H and O–H groups in total. The number of carboxylic acid groups (broad SMARTS) is 3. The van der Waals surface area contributed by atoms with Gasteiger partial charge in [-0.3, -0.25) is 92.1 Å². The lowest BCUT2D eigenvalue weighted by Gasteiger charge is -2.35. The molecule has 36 nitrogen and oxygen atoms in total. The third-order valence-electron chi connectivity index (χ3n) is 16.7. The summed E-state index contributed by atoms with van der Waals surface area (Å²) in [6, 6.07) is 2.99. The number of rotatable bonds is 38. The standard InChI is InChI=1S/C66H97N19O17S/c1-38(2)27-50(66(102)85(51(59(69)95)17-26-103-6)80-54(88)33-81-18-20-82(34-55(89)90)22-24-84(36-57(93)94)25-23-83(21-19-81)35-56(91)92)78-64(100)49(29-44-31-70-37-73-44)75-53(87)32-72-65(101)58(39(3)4)79-60(96)40(5)74-63(99)48(28-42-30-71-46-10-8-7-9-45(42)46)77-62(98)47(15-16-52(68)86)76-61(97)41-11-13-43(67)14-12-41/h7-14,30-31,37-40,47-51,58,71H,15-29,32-36,67H2,1-6H3,(H2,68,86)(H2,69,95)(H,70,73)(H,72,101)(H,74,99)(H,75,87)(H,76,97)(H,77,98)(H,78,100)(H,79,96)(H,80,88)(H,89,90)(H,91,92)(H,93,94)/t40-,47-,48-,49-,50-,51-,58-/m0/s1. The lowest BCUT2D eigenvalue weighted by molar-refractivity contribution is -0.151. The van der Waals surface area contributed by atoms with Gasteiger partial charge in [-0.2, -0.15) is 11.8 Å². The molecule has 0 radical (unpaired) electrons. The third-order valence-corrected chi connectivity index (χ3v) is 17.3. The van der Waals surface area contributed by atoms with Crippen molar-refractivity contribution in [2.75, 3.05) is 103 Å². The topological polar surface area (TPSA) is 535 Å². The maximum Gasteiger partial charge on any atom is 0.317 e. The number of nitrogen functional groups attached to an aromatic ring is 1. The molecule has 0 bridgehead atoms. The Labute approximate surface area is 599 Å². The Hall–Kier alpha value is -10.2. The maximum absolute atomic E-state index is 15.1. The SMILES string of the molecule is CSCC[C@@H](C(N)=O)N(NC(=O)CN1CCN(CC(=O)O)CCN(CC(=O)O)CCN(CC(=O)O)CC1)C(=O)[C@H](CC(C)C)NC(=O)[C@H](Cc1cnc[nH]1)NC(=O)CNC(=O)[C@@H](NC(=O)[C@H](C)NC(=O)[C@H](Cc1c[nH]c2ccccc12)NC(=O)[C@H](CCC(N)=O)NC(=O)c1ccc(N)cc1)C(C)C. The van der Waals surface area contributed by atoms with Crippen LogP contribution in [-0.4, -0.2) is 277 Å². The van der Waals surface area contributed by atoms with Crippen molar-refractivity contribution in [3.05, 3.63) is 84.1 Å². The van der Waals surface area contributed by atoms with Crippen LogP contribution in [0.25, 0.3) is 10.9 Å². The number of nitrogens with one attached hydrogen (secondary N) is 10. The number of hydrazine groups is 1. The van der Waals surface area contributed by atoms with Crippen LogP contribution >= 0.6 is 11.8 Å². The van der Waals surface area contributed by atoms with E-state index in [1.165, 1.54) is 55.5 Å². The van der Waals surface area contributed by atoms with E-state index in [4.69, 9.17) is 17.2 Å². The van der Waals surface area contributed by atoms with Crippen molar-refractivity contribution in [2.45, 2.75) is 115 Å². The molecule has 0 unspecified atom stereocenters. The van der Waals surface area contributed by atoms with Crippen LogP contribution in [0.3, 0.4) is 0 Å². The Kier molecular flexibility index (Phi) is 33.7. The number of anilines is 1. The van der Waals surface area contributed by atoms with Crippen molar-refractivity contribution in [1.82, 2.24) is 82.2 Å². The summed E-state index contributed by atoms with van der Waals surface area (Å²) >= 11 is 1.31. The Balaban J connectivity index is 1.31. The van der Waals surface area contributed by atoms with Gasteiger partial charge in [0.1, 0.15) is 42.3 Å². The van der Waals surface area contributed by atoms with Gasteiger partial charge in [0.25, 0.3) is 17.7 Å². The molecule has 0 spiro atoms. The smallest absolute Gasteiger partial charge is 0.317 e. The number of hydrogen-bond acceptors (Lipinski definition) is 21. The van der Waals surface area contributed by atoms with E-state index in [2.05, 4.69) is 57.6 Å². The van der Waals surface area contributed by atoms with Crippen LogP contribution in [-0.2, 0) is 75.2 Å². The summed E-state index contributed by atoms with van der Waals surface area (Å²) in [4.78, 5) is 205. The van der Waals surface area contributed by atoms with Crippen molar-refractivity contribution in [3.63, 3.8) is 0 Å². The number of primary amides is 2. The number of carboxylic acids is 3. The number of benzene rings is 2. The van der Waals surface area contributed by atoms with Crippen molar-refractivity contribution < 1.29 is 82.4 Å². The number of aromatic nitrogens is 3. The number of imidazole rings is 1. The zero-order chi connectivity index (χ0) is 76.0. The van der Waals surface area contributed by atoms with Crippen molar-refractivity contribution in [2.24, 2.45) is 23.3 Å². The molecule has 1 aliphatic heterocycles. The molecule has 103 heavy (non-hydrogen) atoms. The van der Waals surface area contributed by atoms with Crippen LogP contribution < -0.4 is 59.8 Å². The molecule has 1 aliphatic rings. The summed E-state index contributed by atoms with van der Waals surface area (Å²) in [5, 5.41) is 48.8. The average molecular weight is 1460 g/mol. The summed E-state index contributed by atoms with van der Waals surface area (Å²) < 4.78 is 0. The van der Waals surface area contributed by atoms with Gasteiger partial charge in [0, 0.05) is 112 Å². The normalized spacial score (nSPS) is 15.6. The molecule has 1 saturated heterocycles. The van der Waals surface area contributed by atoms with E-state index in [1.807, 2.05) is 0 Å². The number of nitrogens with two attached hydrogens (primary N) is 3. The van der Waals surface area contributed by atoms with Gasteiger partial charge in [-0.25, -0.2) is 9.99 Å². The van der Waals surface area contributed by atoms with Gasteiger partial charge in [0.2, 0.25) is 47.3 Å². The number of para-hydroxylation sites is 1. The third kappa shape index (κ3) is 28.6. The highest BCUT2D eigenvalue weighted by Crippen LogP contribution is 2.21. The van der Waals surface area contributed by atoms with E-state index in [1.54, 1.807) is 84.0 Å². The molecule has 37 heteroatoms. The Morgan fingerprint density at radius 3 is 1.67 bits per heavy atom. The Morgan fingerprint density at radius 1 is 0.602 bits per heavy atom. The number of aromatic amines is 2. The highest BCUT2D eigenvalue weighted by molar-refractivity contribution is 7.98. The molecule has 11 amide bonds. The lowest BCUT2D eigenvalue weighted by Crippen LogP contribution is -2.63. The molecule has 5 rings (SSSR count). The number of thioether (sulfide) groups is 1. The Bertz CT molecular complexity index is 3550. The zero-order valence-electron chi connectivity index (χ0n) is 58.6. The number of amides is 11. The van der Waals surface area contributed by atoms with Gasteiger partial charge >= 0.3 is 17.9 Å². The first kappa shape index (κ1) is 83.4. The van der Waals surface area contributed by atoms with Crippen LogP contribution in [0.5, 0.6) is 0 Å². The molecular formula is C66H97N19O17S. The molecule has 0 saturated carbocycles. The fourth-order valence-electron chi connectivity index (χ4n) is 11.2. The van der Waals surface area contributed by atoms with Crippen LogP contribution in [0.1, 0.15) is 81.9 Å². The molecule has 564 valence electrons. The number of nitrogens with zero attached hydrogens (tertiary/aromatic N) is 6. The molecule has 7 atom stereocenters.